The van der Waals surface area contributed by atoms with Crippen LogP contribution in [0.1, 0.15) is 6.92 Å². The Morgan fingerprint density at radius 3 is 2.00 bits per heavy atom. The van der Waals surface area contributed by atoms with E-state index in [1.54, 1.807) is 0 Å². The van der Waals surface area contributed by atoms with Gasteiger partial charge in [0.25, 0.3) is 0 Å². The van der Waals surface area contributed by atoms with Crippen LogP contribution in [0.25, 0.3) is 0 Å². The van der Waals surface area contributed by atoms with Crippen LogP contribution in [-0.2, 0) is 14.8 Å². The van der Waals surface area contributed by atoms with Crippen LogP contribution in [0, 0.1) is 0 Å². The maximum Gasteiger partial charge on any atom is 0.472 e. The Morgan fingerprint density at radius 1 is 1.38 bits per heavy atom. The predicted molar refractivity (Wildman–Crippen MR) is 38.3 cm³/mol. The minimum atomic E-state index is -5.16. The van der Waals surface area contributed by atoms with Crippen molar-refractivity contribution in [1.82, 2.24) is 4.31 Å². The quantitative estimate of drug-likeness (QED) is 0.673. The van der Waals surface area contributed by atoms with Crippen molar-refractivity contribution in [3.63, 3.8) is 0 Å². The zero-order valence-corrected chi connectivity index (χ0v) is 7.74. The number of hydrogen-bond acceptors (Lipinski definition) is 3. The zero-order chi connectivity index (χ0) is 10.9. The molecule has 0 N–H and O–H groups in total. The lowest BCUT2D eigenvalue weighted by Crippen LogP contribution is -2.42. The molecule has 0 heterocycles. The number of carbonyl (C=O) groups is 1. The van der Waals surface area contributed by atoms with Crippen LogP contribution in [0.3, 0.4) is 0 Å². The van der Waals surface area contributed by atoms with E-state index >= 15 is 0 Å². The van der Waals surface area contributed by atoms with Gasteiger partial charge in [0, 0.05) is 7.05 Å². The number of halogens is 3. The van der Waals surface area contributed by atoms with Crippen molar-refractivity contribution in [2.75, 3.05) is 12.8 Å². The molecule has 0 aromatic heterocycles. The third-order valence-electron chi connectivity index (χ3n) is 1.31. The largest absolute Gasteiger partial charge is 0.472 e. The van der Waals surface area contributed by atoms with Crippen LogP contribution in [-0.4, -0.2) is 37.6 Å². The molecule has 0 aliphatic carbocycles. The van der Waals surface area contributed by atoms with Gasteiger partial charge in [-0.05, 0) is 6.92 Å². The summed E-state index contributed by atoms with van der Waals surface area (Å²) in [5, 5.41) is 0. The Kier molecular flexibility index (Phi) is 3.31. The van der Waals surface area contributed by atoms with Gasteiger partial charge in [-0.15, -0.1) is 0 Å². The van der Waals surface area contributed by atoms with E-state index < -0.39 is 27.9 Å². The second kappa shape index (κ2) is 3.52. The molecule has 0 rings (SSSR count). The summed E-state index contributed by atoms with van der Waals surface area (Å²) in [6.45, 7) is 1.15. The summed E-state index contributed by atoms with van der Waals surface area (Å²) in [6, 6.07) is 0. The minimum absolute atomic E-state index is 0.299. The van der Waals surface area contributed by atoms with Crippen LogP contribution in [0.15, 0.2) is 0 Å². The molecule has 0 aromatic rings. The molecule has 0 unspecified atom stereocenters. The highest BCUT2D eigenvalue weighted by Crippen LogP contribution is 2.19. The van der Waals surface area contributed by atoms with E-state index in [-0.39, 0.29) is 4.31 Å². The van der Waals surface area contributed by atoms with Crippen molar-refractivity contribution in [1.29, 1.82) is 0 Å². The molecule has 0 saturated carbocycles. The van der Waals surface area contributed by atoms with E-state index in [4.69, 9.17) is 0 Å². The average molecular weight is 219 g/mol. The molecule has 1 amide bonds. The minimum Gasteiger partial charge on any atom is -0.263 e. The Labute approximate surface area is 73.4 Å². The van der Waals surface area contributed by atoms with Crippen molar-refractivity contribution in [3.8, 4) is 0 Å². The van der Waals surface area contributed by atoms with Gasteiger partial charge >= 0.3 is 12.1 Å². The molecule has 4 nitrogen and oxygen atoms in total. The predicted octanol–water partition coefficient (Wildman–Crippen LogP) is 0.357. The molecular weight excluding hydrogens is 211 g/mol. The summed E-state index contributed by atoms with van der Waals surface area (Å²) in [5.41, 5.74) is 0. The Balaban J connectivity index is 4.84. The summed E-state index contributed by atoms with van der Waals surface area (Å²) in [4.78, 5) is 10.4. The summed E-state index contributed by atoms with van der Waals surface area (Å²) in [7, 11) is -3.54. The molecule has 13 heavy (non-hydrogen) atoms. The third-order valence-corrected chi connectivity index (χ3v) is 3.04. The average Bonchev–Trinajstić information content (AvgIpc) is 2.00. The van der Waals surface area contributed by atoms with Gasteiger partial charge in [-0.25, -0.2) is 12.7 Å². The van der Waals surface area contributed by atoms with Gasteiger partial charge in [0.05, 0.1) is 5.75 Å². The van der Waals surface area contributed by atoms with Gasteiger partial charge < -0.3 is 0 Å². The molecule has 0 spiro atoms. The van der Waals surface area contributed by atoms with Crippen LogP contribution in [0.4, 0.5) is 13.2 Å². The number of alkyl halides is 3. The fourth-order valence-corrected chi connectivity index (χ4v) is 1.24. The first-order valence-corrected chi connectivity index (χ1v) is 4.81. The summed E-state index contributed by atoms with van der Waals surface area (Å²) in [6.07, 6.45) is -5.16. The highest BCUT2D eigenvalue weighted by molar-refractivity contribution is 7.89. The van der Waals surface area contributed by atoms with E-state index in [0.29, 0.717) is 7.05 Å². The molecule has 0 saturated heterocycles. The standard InChI is InChI=1S/C5H8F3NO3S/c1-3-13(11,12)9(2)4(10)5(6,7)8/h3H2,1-2H3. The van der Waals surface area contributed by atoms with Gasteiger partial charge in [-0.1, -0.05) is 0 Å². The van der Waals surface area contributed by atoms with Crippen LogP contribution >= 0.6 is 0 Å². The molecule has 0 bridgehead atoms. The van der Waals surface area contributed by atoms with Gasteiger partial charge in [-0.3, -0.25) is 4.79 Å². The molecule has 78 valence electrons. The SMILES string of the molecule is CCS(=O)(=O)N(C)C(=O)C(F)(F)F. The monoisotopic (exact) mass is 219 g/mol. The van der Waals surface area contributed by atoms with Crippen LogP contribution < -0.4 is 0 Å². The number of amides is 1. The first-order chi connectivity index (χ1) is 5.63. The van der Waals surface area contributed by atoms with Gasteiger partial charge in [0.1, 0.15) is 0 Å². The molecule has 0 fully saturated rings. The van der Waals surface area contributed by atoms with Crippen molar-refractivity contribution in [2.45, 2.75) is 13.1 Å². The molecule has 0 aliphatic rings. The number of sulfonamides is 1. The highest BCUT2D eigenvalue weighted by Gasteiger charge is 2.44. The topological polar surface area (TPSA) is 54.5 Å². The highest BCUT2D eigenvalue weighted by atomic mass is 32.2. The molecule has 0 aromatic carbocycles. The number of hydrogen-bond donors (Lipinski definition) is 0. The van der Waals surface area contributed by atoms with E-state index in [9.17, 15) is 26.4 Å². The smallest absolute Gasteiger partial charge is 0.263 e. The number of carbonyl (C=O) groups excluding carboxylic acids is 1. The molecule has 0 aliphatic heterocycles. The first-order valence-electron chi connectivity index (χ1n) is 3.20. The zero-order valence-electron chi connectivity index (χ0n) is 6.92. The van der Waals surface area contributed by atoms with E-state index in [1.807, 2.05) is 0 Å². The second-order valence-corrected chi connectivity index (χ2v) is 4.46. The lowest BCUT2D eigenvalue weighted by Gasteiger charge is -2.17. The lowest BCUT2D eigenvalue weighted by atomic mass is 10.6. The fourth-order valence-electron chi connectivity index (χ4n) is 0.499. The molecule has 0 radical (unpaired) electrons. The van der Waals surface area contributed by atoms with E-state index in [0.717, 1.165) is 6.92 Å². The maximum atomic E-state index is 11.7. The van der Waals surface area contributed by atoms with E-state index in [1.165, 1.54) is 0 Å². The fraction of sp³-hybridized carbons (Fsp3) is 0.800. The van der Waals surface area contributed by atoms with Crippen molar-refractivity contribution in [2.24, 2.45) is 0 Å². The Hall–Kier alpha value is -0.790. The van der Waals surface area contributed by atoms with Gasteiger partial charge in [-0.2, -0.15) is 13.2 Å². The normalized spacial score (nSPS) is 12.7. The van der Waals surface area contributed by atoms with Gasteiger partial charge in [0.2, 0.25) is 10.0 Å². The Bertz CT molecular complexity index is 295. The molecular formula is C5H8F3NO3S. The lowest BCUT2D eigenvalue weighted by molar-refractivity contribution is -0.179. The van der Waals surface area contributed by atoms with Crippen molar-refractivity contribution in [3.05, 3.63) is 0 Å². The van der Waals surface area contributed by atoms with Crippen LogP contribution in [0.5, 0.6) is 0 Å². The third kappa shape index (κ3) is 2.87. The van der Waals surface area contributed by atoms with Crippen molar-refractivity contribution < 1.29 is 26.4 Å². The van der Waals surface area contributed by atoms with E-state index in [2.05, 4.69) is 0 Å². The van der Waals surface area contributed by atoms with Crippen molar-refractivity contribution >= 4 is 15.9 Å². The second-order valence-electron chi connectivity index (χ2n) is 2.17. The maximum absolute atomic E-state index is 11.7. The molecule has 8 heteroatoms. The summed E-state index contributed by atoms with van der Waals surface area (Å²) in [5.74, 6) is -2.93. The van der Waals surface area contributed by atoms with Gasteiger partial charge in [0.15, 0.2) is 0 Å². The summed E-state index contributed by atoms with van der Waals surface area (Å²) >= 11 is 0. The van der Waals surface area contributed by atoms with Crippen LogP contribution in [0.2, 0.25) is 0 Å². The summed E-state index contributed by atoms with van der Waals surface area (Å²) < 4.78 is 56.4. The molecule has 0 atom stereocenters. The first kappa shape index (κ1) is 12.2. The number of rotatable bonds is 2. The number of nitrogens with zero attached hydrogens (tertiary/aromatic N) is 1. The Morgan fingerprint density at radius 2 is 1.77 bits per heavy atom.